The number of hydrogen-bond donors (Lipinski definition) is 1. The molecule has 5 heteroatoms. The molecule has 0 spiro atoms. The Kier molecular flexibility index (Phi) is 8.15. The average Bonchev–Trinajstić information content (AvgIpc) is 3.40. The van der Waals surface area contributed by atoms with Gasteiger partial charge in [0, 0.05) is 7.05 Å². The first kappa shape index (κ1) is 25.3. The van der Waals surface area contributed by atoms with Crippen LogP contribution in [0.3, 0.4) is 0 Å². The van der Waals surface area contributed by atoms with E-state index in [2.05, 4.69) is 12.1 Å². The highest BCUT2D eigenvalue weighted by molar-refractivity contribution is 5.89. The zero-order valence-corrected chi connectivity index (χ0v) is 21.2. The minimum Gasteiger partial charge on any atom is -0.494 e. The normalized spacial score (nSPS) is 18.7. The van der Waals surface area contributed by atoms with Crippen molar-refractivity contribution in [1.29, 1.82) is 0 Å². The molecule has 188 valence electrons. The third kappa shape index (κ3) is 5.71. The van der Waals surface area contributed by atoms with Crippen molar-refractivity contribution in [2.24, 2.45) is 5.92 Å². The van der Waals surface area contributed by atoms with Gasteiger partial charge in [-0.3, -0.25) is 4.79 Å². The monoisotopic (exact) mass is 477 g/mol. The van der Waals surface area contributed by atoms with Gasteiger partial charge in [0.15, 0.2) is 0 Å². The number of carboxylic acid groups (broad SMARTS) is 1. The van der Waals surface area contributed by atoms with Crippen LogP contribution in [-0.4, -0.2) is 35.5 Å². The number of aromatic carboxylic acids is 1. The lowest BCUT2D eigenvalue weighted by atomic mass is 9.77. The molecule has 1 atom stereocenters. The van der Waals surface area contributed by atoms with Crippen molar-refractivity contribution in [1.82, 2.24) is 4.90 Å². The van der Waals surface area contributed by atoms with E-state index >= 15 is 0 Å². The molecule has 0 heterocycles. The van der Waals surface area contributed by atoms with Gasteiger partial charge in [-0.05, 0) is 67.5 Å². The number of benzene rings is 2. The second-order valence-corrected chi connectivity index (χ2v) is 10.5. The van der Waals surface area contributed by atoms with E-state index in [-0.39, 0.29) is 17.5 Å². The van der Waals surface area contributed by atoms with E-state index in [9.17, 15) is 9.59 Å². The maximum absolute atomic E-state index is 13.9. The molecule has 0 bridgehead atoms. The number of rotatable bonds is 9. The third-order valence-electron chi connectivity index (χ3n) is 8.33. The Bertz CT molecular complexity index is 986. The molecule has 2 fully saturated rings. The van der Waals surface area contributed by atoms with Crippen LogP contribution in [0.4, 0.5) is 0 Å². The molecule has 0 radical (unpaired) electrons. The lowest BCUT2D eigenvalue weighted by molar-refractivity contribution is -0.138. The van der Waals surface area contributed by atoms with Crippen molar-refractivity contribution in [2.75, 3.05) is 13.7 Å². The molecule has 2 saturated carbocycles. The van der Waals surface area contributed by atoms with Gasteiger partial charge in [0.2, 0.25) is 5.91 Å². The van der Waals surface area contributed by atoms with Crippen molar-refractivity contribution in [3.63, 3.8) is 0 Å². The van der Waals surface area contributed by atoms with Gasteiger partial charge >= 0.3 is 5.97 Å². The highest BCUT2D eigenvalue weighted by Gasteiger charge is 2.45. The molecule has 2 aromatic rings. The Morgan fingerprint density at radius 2 is 1.60 bits per heavy atom. The molecule has 5 nitrogen and oxygen atoms in total. The highest BCUT2D eigenvalue weighted by atomic mass is 16.5. The van der Waals surface area contributed by atoms with Crippen molar-refractivity contribution < 1.29 is 19.4 Å². The van der Waals surface area contributed by atoms with Gasteiger partial charge in [0.25, 0.3) is 0 Å². The molecular formula is C30H39NO4. The fourth-order valence-corrected chi connectivity index (χ4v) is 5.94. The minimum atomic E-state index is -0.944. The maximum atomic E-state index is 13.9. The summed E-state index contributed by atoms with van der Waals surface area (Å²) >= 11 is 0. The molecule has 2 aliphatic rings. The van der Waals surface area contributed by atoms with Crippen LogP contribution >= 0.6 is 0 Å². The smallest absolute Gasteiger partial charge is 0.335 e. The van der Waals surface area contributed by atoms with Gasteiger partial charge in [-0.2, -0.15) is 0 Å². The van der Waals surface area contributed by atoms with Crippen LogP contribution in [0.15, 0.2) is 48.5 Å². The molecule has 1 amide bonds. The first-order chi connectivity index (χ1) is 16.9. The first-order valence-corrected chi connectivity index (χ1v) is 13.2. The number of hydrogen-bond acceptors (Lipinski definition) is 3. The van der Waals surface area contributed by atoms with Gasteiger partial charge in [-0.1, -0.05) is 69.2 Å². The van der Waals surface area contributed by atoms with Crippen LogP contribution in [0.25, 0.3) is 0 Å². The van der Waals surface area contributed by atoms with Crippen molar-refractivity contribution in [3.05, 3.63) is 65.2 Å². The number of carboxylic acids is 1. The zero-order valence-electron chi connectivity index (χ0n) is 21.2. The van der Waals surface area contributed by atoms with Crippen LogP contribution < -0.4 is 4.74 Å². The summed E-state index contributed by atoms with van der Waals surface area (Å²) in [6.07, 6.45) is 11.7. The van der Waals surface area contributed by atoms with Crippen molar-refractivity contribution in [3.8, 4) is 5.75 Å². The third-order valence-corrected chi connectivity index (χ3v) is 8.33. The summed E-state index contributed by atoms with van der Waals surface area (Å²) in [5.41, 5.74) is 1.74. The van der Waals surface area contributed by atoms with Crippen LogP contribution in [-0.2, 0) is 10.2 Å². The largest absolute Gasteiger partial charge is 0.494 e. The summed E-state index contributed by atoms with van der Waals surface area (Å²) in [5, 5.41) is 9.17. The second kappa shape index (κ2) is 11.3. The Morgan fingerprint density at radius 1 is 0.971 bits per heavy atom. The van der Waals surface area contributed by atoms with Gasteiger partial charge < -0.3 is 14.7 Å². The predicted molar refractivity (Wildman–Crippen MR) is 138 cm³/mol. The van der Waals surface area contributed by atoms with E-state index in [1.807, 2.05) is 31.0 Å². The molecule has 0 aromatic heterocycles. The second-order valence-electron chi connectivity index (χ2n) is 10.5. The summed E-state index contributed by atoms with van der Waals surface area (Å²) in [6.45, 7) is 2.76. The molecule has 2 aromatic carbocycles. The van der Waals surface area contributed by atoms with Crippen LogP contribution in [0.2, 0.25) is 0 Å². The number of nitrogens with zero attached hydrogens (tertiary/aromatic N) is 1. The molecule has 0 unspecified atom stereocenters. The zero-order chi connectivity index (χ0) is 24.8. The van der Waals surface area contributed by atoms with Crippen LogP contribution in [0, 0.1) is 5.92 Å². The summed E-state index contributed by atoms with van der Waals surface area (Å²) in [6, 6.07) is 14.9. The standard InChI is InChI=1S/C30H39NO4/c1-22(24-10-12-25(13-11-24)28(32)33)31(2)29(34)30(19-6-7-20-30)26-14-16-27(17-15-26)35-21-18-23-8-4-3-5-9-23/h10-17,22-23H,3-9,18-21H2,1-2H3,(H,32,33)/t22-/m0/s1. The first-order valence-electron chi connectivity index (χ1n) is 13.2. The van der Waals surface area contributed by atoms with Crippen molar-refractivity contribution in [2.45, 2.75) is 82.6 Å². The quantitative estimate of drug-likeness (QED) is 0.433. The van der Waals surface area contributed by atoms with Gasteiger partial charge in [-0.15, -0.1) is 0 Å². The van der Waals surface area contributed by atoms with E-state index in [4.69, 9.17) is 9.84 Å². The lowest BCUT2D eigenvalue weighted by Crippen LogP contribution is -2.44. The van der Waals surface area contributed by atoms with Gasteiger partial charge in [-0.25, -0.2) is 4.79 Å². The average molecular weight is 478 g/mol. The van der Waals surface area contributed by atoms with E-state index in [0.29, 0.717) is 0 Å². The fourth-order valence-electron chi connectivity index (χ4n) is 5.94. The molecule has 35 heavy (non-hydrogen) atoms. The van der Waals surface area contributed by atoms with Gasteiger partial charge in [0.05, 0.1) is 23.6 Å². The van der Waals surface area contributed by atoms with E-state index in [1.165, 1.54) is 32.1 Å². The summed E-state index contributed by atoms with van der Waals surface area (Å²) in [7, 11) is 1.86. The summed E-state index contributed by atoms with van der Waals surface area (Å²) in [5.74, 6) is 0.876. The number of likely N-dealkylation sites (N-methyl/N-ethyl adjacent to an activating group) is 1. The van der Waals surface area contributed by atoms with E-state index in [1.54, 1.807) is 24.3 Å². The van der Waals surface area contributed by atoms with E-state index in [0.717, 1.165) is 61.5 Å². The molecular weight excluding hydrogens is 438 g/mol. The number of carbonyl (C=O) groups is 2. The Morgan fingerprint density at radius 3 is 2.20 bits per heavy atom. The SMILES string of the molecule is C[C@@H](c1ccc(C(=O)O)cc1)N(C)C(=O)C1(c2ccc(OCCC3CCCCC3)cc2)CCCC1. The van der Waals surface area contributed by atoms with Gasteiger partial charge in [0.1, 0.15) is 5.75 Å². The summed E-state index contributed by atoms with van der Waals surface area (Å²) in [4.78, 5) is 26.9. The predicted octanol–water partition coefficient (Wildman–Crippen LogP) is 6.77. The maximum Gasteiger partial charge on any atom is 0.335 e. The van der Waals surface area contributed by atoms with Crippen molar-refractivity contribution >= 4 is 11.9 Å². The highest BCUT2D eigenvalue weighted by Crippen LogP contribution is 2.44. The molecule has 2 aliphatic carbocycles. The van der Waals surface area contributed by atoms with E-state index < -0.39 is 11.4 Å². The Hall–Kier alpha value is -2.82. The Balaban J connectivity index is 1.43. The number of amides is 1. The molecule has 4 rings (SSSR count). The number of ether oxygens (including phenoxy) is 1. The molecule has 0 aliphatic heterocycles. The topological polar surface area (TPSA) is 66.8 Å². The van der Waals surface area contributed by atoms with Crippen LogP contribution in [0.1, 0.15) is 98.7 Å². The Labute approximate surface area is 209 Å². The lowest BCUT2D eigenvalue weighted by Gasteiger charge is -2.36. The number of carbonyl (C=O) groups excluding carboxylic acids is 1. The molecule has 0 saturated heterocycles. The van der Waals surface area contributed by atoms with Crippen LogP contribution in [0.5, 0.6) is 5.75 Å². The molecule has 1 N–H and O–H groups in total. The summed E-state index contributed by atoms with van der Waals surface area (Å²) < 4.78 is 6.05. The minimum absolute atomic E-state index is 0.135. The fraction of sp³-hybridized carbons (Fsp3) is 0.533.